The number of halogens is 1. The van der Waals surface area contributed by atoms with Crippen LogP contribution in [0.4, 0.5) is 0 Å². The molecular weight excluding hydrogens is 276 g/mol. The van der Waals surface area contributed by atoms with Crippen LogP contribution < -0.4 is 0 Å². The Hall–Kier alpha value is -2.27. The lowest BCUT2D eigenvalue weighted by atomic mass is 10.0. The first-order valence-corrected chi connectivity index (χ1v) is 6.43. The molecule has 0 aliphatic rings. The minimum absolute atomic E-state index is 0.0315. The number of carbonyl (C=O) groups is 1. The van der Waals surface area contributed by atoms with Crippen molar-refractivity contribution >= 4 is 28.5 Å². The van der Waals surface area contributed by atoms with Crippen molar-refractivity contribution in [1.29, 1.82) is 0 Å². The van der Waals surface area contributed by atoms with Gasteiger partial charge < -0.3 is 4.57 Å². The van der Waals surface area contributed by atoms with Gasteiger partial charge in [0.05, 0.1) is 12.5 Å². The number of ketones is 1. The van der Waals surface area contributed by atoms with Crippen molar-refractivity contribution < 1.29 is 4.79 Å². The van der Waals surface area contributed by atoms with Crippen LogP contribution in [0.25, 0.3) is 11.2 Å². The summed E-state index contributed by atoms with van der Waals surface area (Å²) in [6.07, 6.45) is 4.64. The molecule has 6 heteroatoms. The van der Waals surface area contributed by atoms with Gasteiger partial charge in [0.15, 0.2) is 11.4 Å². The highest BCUT2D eigenvalue weighted by Gasteiger charge is 2.23. The second-order valence-corrected chi connectivity index (χ2v) is 4.83. The van der Waals surface area contributed by atoms with E-state index in [-0.39, 0.29) is 5.78 Å². The molecule has 5 nitrogen and oxygen atoms in total. The average molecular weight is 287 g/mol. The van der Waals surface area contributed by atoms with Gasteiger partial charge in [0.1, 0.15) is 17.9 Å². The molecule has 0 saturated heterocycles. The highest BCUT2D eigenvalue weighted by molar-refractivity contribution is 6.31. The van der Waals surface area contributed by atoms with Crippen LogP contribution >= 0.6 is 11.6 Å². The summed E-state index contributed by atoms with van der Waals surface area (Å²) >= 11 is 6.21. The summed E-state index contributed by atoms with van der Waals surface area (Å²) in [7, 11) is 0. The third-order valence-corrected chi connectivity index (χ3v) is 3.45. The number of imidazole rings is 1. The van der Waals surface area contributed by atoms with E-state index in [1.165, 1.54) is 13.3 Å². The molecule has 0 N–H and O–H groups in total. The molecular formula is C14H11ClN4O. The minimum atomic E-state index is -0.538. The van der Waals surface area contributed by atoms with Gasteiger partial charge in [-0.3, -0.25) is 4.79 Å². The Morgan fingerprint density at radius 2 is 2.10 bits per heavy atom. The largest absolute Gasteiger partial charge is 0.300 e. The zero-order valence-electron chi connectivity index (χ0n) is 10.7. The average Bonchev–Trinajstić information content (AvgIpc) is 2.85. The topological polar surface area (TPSA) is 60.7 Å². The molecule has 20 heavy (non-hydrogen) atoms. The monoisotopic (exact) mass is 286 g/mol. The van der Waals surface area contributed by atoms with Crippen molar-refractivity contribution in [2.24, 2.45) is 0 Å². The normalized spacial score (nSPS) is 12.5. The van der Waals surface area contributed by atoms with Gasteiger partial charge in [0, 0.05) is 10.6 Å². The van der Waals surface area contributed by atoms with Crippen molar-refractivity contribution in [3.8, 4) is 0 Å². The van der Waals surface area contributed by atoms with Gasteiger partial charge in [-0.2, -0.15) is 0 Å². The summed E-state index contributed by atoms with van der Waals surface area (Å²) in [5, 5.41) is 0.545. The summed E-state index contributed by atoms with van der Waals surface area (Å²) in [4.78, 5) is 24.4. The lowest BCUT2D eigenvalue weighted by molar-refractivity contribution is -0.119. The van der Waals surface area contributed by atoms with Gasteiger partial charge in [0.25, 0.3) is 0 Å². The van der Waals surface area contributed by atoms with Gasteiger partial charge in [-0.15, -0.1) is 0 Å². The summed E-state index contributed by atoms with van der Waals surface area (Å²) in [6.45, 7) is 1.53. The third-order valence-electron chi connectivity index (χ3n) is 3.10. The van der Waals surface area contributed by atoms with Crippen LogP contribution in [0.5, 0.6) is 0 Å². The number of hydrogen-bond acceptors (Lipinski definition) is 4. The zero-order valence-corrected chi connectivity index (χ0v) is 11.4. The Kier molecular flexibility index (Phi) is 3.20. The molecule has 0 radical (unpaired) electrons. The van der Waals surface area contributed by atoms with Crippen LogP contribution in [-0.4, -0.2) is 25.3 Å². The summed E-state index contributed by atoms with van der Waals surface area (Å²) in [5.41, 5.74) is 1.99. The molecule has 2 heterocycles. The summed E-state index contributed by atoms with van der Waals surface area (Å²) in [6, 6.07) is 6.74. The fourth-order valence-electron chi connectivity index (χ4n) is 2.24. The van der Waals surface area contributed by atoms with Crippen LogP contribution in [-0.2, 0) is 4.79 Å². The molecule has 1 aromatic carbocycles. The van der Waals surface area contributed by atoms with E-state index in [9.17, 15) is 4.79 Å². The summed E-state index contributed by atoms with van der Waals surface area (Å²) in [5.74, 6) is -0.0315. The fraction of sp³-hybridized carbons (Fsp3) is 0.143. The second-order valence-electron chi connectivity index (χ2n) is 4.42. The van der Waals surface area contributed by atoms with Crippen molar-refractivity contribution in [2.45, 2.75) is 13.0 Å². The predicted molar refractivity (Wildman–Crippen MR) is 75.6 cm³/mol. The predicted octanol–water partition coefficient (Wildman–Crippen LogP) is 2.66. The second kappa shape index (κ2) is 5.02. The molecule has 0 aliphatic heterocycles. The Balaban J connectivity index is 2.22. The van der Waals surface area contributed by atoms with Crippen LogP contribution in [0, 0.1) is 0 Å². The molecule has 2 aromatic heterocycles. The molecule has 100 valence electrons. The zero-order chi connectivity index (χ0) is 14.1. The van der Waals surface area contributed by atoms with E-state index >= 15 is 0 Å². The minimum Gasteiger partial charge on any atom is -0.300 e. The molecule has 0 spiro atoms. The lowest BCUT2D eigenvalue weighted by Gasteiger charge is -2.17. The number of benzene rings is 1. The molecule has 3 rings (SSSR count). The lowest BCUT2D eigenvalue weighted by Crippen LogP contribution is -2.18. The Morgan fingerprint density at radius 1 is 1.30 bits per heavy atom. The van der Waals surface area contributed by atoms with E-state index in [0.717, 1.165) is 5.56 Å². The molecule has 1 unspecified atom stereocenters. The number of rotatable bonds is 3. The van der Waals surface area contributed by atoms with Crippen LogP contribution in [0.1, 0.15) is 18.5 Å². The first kappa shape index (κ1) is 12.7. The highest BCUT2D eigenvalue weighted by Crippen LogP contribution is 2.28. The maximum absolute atomic E-state index is 12.1. The third kappa shape index (κ3) is 2.06. The standard InChI is InChI=1S/C14H11ClN4O/c1-9(20)13(10-4-2-3-5-11(10)15)19-8-18-12-6-16-7-17-14(12)19/h2-8,13H,1H3. The first-order chi connectivity index (χ1) is 9.68. The van der Waals surface area contributed by atoms with Crippen molar-refractivity contribution in [2.75, 3.05) is 0 Å². The van der Waals surface area contributed by atoms with E-state index in [4.69, 9.17) is 11.6 Å². The van der Waals surface area contributed by atoms with E-state index in [0.29, 0.717) is 16.2 Å². The molecule has 1 atom stereocenters. The SMILES string of the molecule is CC(=O)C(c1ccccc1Cl)n1cnc2cncnc21. The number of aromatic nitrogens is 4. The Morgan fingerprint density at radius 3 is 2.85 bits per heavy atom. The van der Waals surface area contributed by atoms with E-state index < -0.39 is 6.04 Å². The number of carbonyl (C=O) groups excluding carboxylic acids is 1. The Labute approximate surface area is 120 Å². The van der Waals surface area contributed by atoms with E-state index in [1.807, 2.05) is 18.2 Å². The van der Waals surface area contributed by atoms with Crippen molar-refractivity contribution in [1.82, 2.24) is 19.5 Å². The quantitative estimate of drug-likeness (QED) is 0.743. The van der Waals surface area contributed by atoms with Gasteiger partial charge in [-0.25, -0.2) is 15.0 Å². The van der Waals surface area contributed by atoms with E-state index in [1.54, 1.807) is 23.2 Å². The van der Waals surface area contributed by atoms with Gasteiger partial charge in [-0.05, 0) is 13.0 Å². The smallest absolute Gasteiger partial charge is 0.164 e. The maximum atomic E-state index is 12.1. The molecule has 0 fully saturated rings. The number of fused-ring (bicyclic) bond motifs is 1. The van der Waals surface area contributed by atoms with Crippen molar-refractivity contribution in [3.05, 3.63) is 53.7 Å². The first-order valence-electron chi connectivity index (χ1n) is 6.06. The molecule has 0 bridgehead atoms. The van der Waals surface area contributed by atoms with Crippen LogP contribution in [0.2, 0.25) is 5.02 Å². The van der Waals surface area contributed by atoms with Crippen molar-refractivity contribution in [3.63, 3.8) is 0 Å². The maximum Gasteiger partial charge on any atom is 0.164 e. The van der Waals surface area contributed by atoms with Gasteiger partial charge >= 0.3 is 0 Å². The molecule has 0 saturated carbocycles. The number of Topliss-reactive ketones (excluding diaryl/α,β-unsaturated/α-hetero) is 1. The molecule has 3 aromatic rings. The fourth-order valence-corrected chi connectivity index (χ4v) is 2.47. The molecule has 0 aliphatic carbocycles. The van der Waals surface area contributed by atoms with Crippen LogP contribution in [0.15, 0.2) is 43.1 Å². The number of nitrogens with zero attached hydrogens (tertiary/aromatic N) is 4. The summed E-state index contributed by atoms with van der Waals surface area (Å²) < 4.78 is 1.72. The number of hydrogen-bond donors (Lipinski definition) is 0. The highest BCUT2D eigenvalue weighted by atomic mass is 35.5. The van der Waals surface area contributed by atoms with Crippen LogP contribution in [0.3, 0.4) is 0 Å². The molecule has 0 amide bonds. The van der Waals surface area contributed by atoms with Gasteiger partial charge in [0.2, 0.25) is 0 Å². The Bertz CT molecular complexity index is 783. The van der Waals surface area contributed by atoms with E-state index in [2.05, 4.69) is 15.0 Å². The van der Waals surface area contributed by atoms with Gasteiger partial charge in [-0.1, -0.05) is 29.8 Å².